The number of rotatable bonds is 3. The van der Waals surface area contributed by atoms with Crippen LogP contribution in [0.5, 0.6) is 0 Å². The van der Waals surface area contributed by atoms with Crippen molar-refractivity contribution in [3.05, 3.63) is 0 Å². The van der Waals surface area contributed by atoms with Gasteiger partial charge in [0.1, 0.15) is 0 Å². The fraction of sp³-hybridized carbons (Fsp3) is 0.909. The van der Waals surface area contributed by atoms with Gasteiger partial charge in [0, 0.05) is 13.7 Å². The predicted octanol–water partition coefficient (Wildman–Crippen LogP) is 0.879. The Bertz CT molecular complexity index is 254. The van der Waals surface area contributed by atoms with Gasteiger partial charge < -0.3 is 19.1 Å². The normalized spacial score (nSPS) is 30.2. The summed E-state index contributed by atoms with van der Waals surface area (Å²) in [5.41, 5.74) is 0. The summed E-state index contributed by atoms with van der Waals surface area (Å²) in [4.78, 5) is 13.7. The van der Waals surface area contributed by atoms with Crippen molar-refractivity contribution < 1.29 is 19.0 Å². The van der Waals surface area contributed by atoms with E-state index >= 15 is 0 Å². The van der Waals surface area contributed by atoms with E-state index in [0.29, 0.717) is 25.7 Å². The van der Waals surface area contributed by atoms with Crippen molar-refractivity contribution in [1.29, 1.82) is 0 Å². The molecule has 0 saturated carbocycles. The summed E-state index contributed by atoms with van der Waals surface area (Å²) in [5, 5.41) is 0. The fourth-order valence-electron chi connectivity index (χ4n) is 2.22. The summed E-state index contributed by atoms with van der Waals surface area (Å²) in [6.45, 7) is 4.55. The lowest BCUT2D eigenvalue weighted by molar-refractivity contribution is -0.106. The van der Waals surface area contributed by atoms with Crippen LogP contribution < -0.4 is 0 Å². The number of hydrogen-bond donors (Lipinski definition) is 0. The first-order valence-corrected chi connectivity index (χ1v) is 5.74. The maximum Gasteiger partial charge on any atom is 0.410 e. The summed E-state index contributed by atoms with van der Waals surface area (Å²) >= 11 is 0. The third kappa shape index (κ3) is 2.47. The number of amides is 1. The number of carbonyl (C=O) groups excluding carboxylic acids is 1. The summed E-state index contributed by atoms with van der Waals surface area (Å²) in [7, 11) is 1.66. The Kier molecular flexibility index (Phi) is 3.66. The van der Waals surface area contributed by atoms with E-state index < -0.39 is 0 Å². The standard InChI is InChI=1S/C11H19NO4/c1-8-3-9(5-14-2)12(4-8)11(13)16-10-6-15-7-10/h8-10H,3-7H2,1-2H3. The average molecular weight is 229 g/mol. The van der Waals surface area contributed by atoms with Gasteiger partial charge in [-0.1, -0.05) is 6.92 Å². The van der Waals surface area contributed by atoms with Crippen LogP contribution in [-0.2, 0) is 14.2 Å². The van der Waals surface area contributed by atoms with Crippen LogP contribution in [-0.4, -0.2) is 56.6 Å². The van der Waals surface area contributed by atoms with Gasteiger partial charge in [0.05, 0.1) is 25.9 Å². The van der Waals surface area contributed by atoms with E-state index in [-0.39, 0.29) is 18.2 Å². The zero-order chi connectivity index (χ0) is 11.5. The van der Waals surface area contributed by atoms with E-state index in [4.69, 9.17) is 14.2 Å². The number of carbonyl (C=O) groups is 1. The molecule has 2 rings (SSSR count). The molecule has 0 spiro atoms. The summed E-state index contributed by atoms with van der Waals surface area (Å²) < 4.78 is 15.4. The highest BCUT2D eigenvalue weighted by Gasteiger charge is 2.36. The molecule has 2 unspecified atom stereocenters. The van der Waals surface area contributed by atoms with Crippen LogP contribution >= 0.6 is 0 Å². The van der Waals surface area contributed by atoms with Gasteiger partial charge in [0.15, 0.2) is 6.10 Å². The largest absolute Gasteiger partial charge is 0.441 e. The Labute approximate surface area is 95.6 Å². The number of ether oxygens (including phenoxy) is 3. The van der Waals surface area contributed by atoms with Crippen molar-refractivity contribution in [3.63, 3.8) is 0 Å². The summed E-state index contributed by atoms with van der Waals surface area (Å²) in [5.74, 6) is 0.519. The van der Waals surface area contributed by atoms with E-state index in [1.165, 1.54) is 0 Å². The van der Waals surface area contributed by atoms with Crippen LogP contribution in [0.2, 0.25) is 0 Å². The maximum absolute atomic E-state index is 11.9. The highest BCUT2D eigenvalue weighted by molar-refractivity contribution is 5.68. The lowest BCUT2D eigenvalue weighted by Crippen LogP contribution is -2.45. The molecule has 0 aromatic carbocycles. The SMILES string of the molecule is COCC1CC(C)CN1C(=O)OC1COC1. The number of likely N-dealkylation sites (tertiary alicyclic amines) is 1. The smallest absolute Gasteiger partial charge is 0.410 e. The minimum Gasteiger partial charge on any atom is -0.441 e. The fourth-order valence-corrected chi connectivity index (χ4v) is 2.22. The molecule has 2 heterocycles. The van der Waals surface area contributed by atoms with E-state index in [2.05, 4.69) is 6.92 Å². The Hall–Kier alpha value is -0.810. The average Bonchev–Trinajstić information content (AvgIpc) is 2.54. The van der Waals surface area contributed by atoms with Gasteiger partial charge in [-0.3, -0.25) is 0 Å². The Balaban J connectivity index is 1.87. The molecule has 0 aromatic rings. The van der Waals surface area contributed by atoms with Crippen molar-refractivity contribution >= 4 is 6.09 Å². The lowest BCUT2D eigenvalue weighted by atomic mass is 10.1. The zero-order valence-corrected chi connectivity index (χ0v) is 9.85. The molecule has 0 aromatic heterocycles. The molecule has 5 heteroatoms. The van der Waals surface area contributed by atoms with E-state index in [9.17, 15) is 4.79 Å². The Morgan fingerprint density at radius 3 is 2.81 bits per heavy atom. The molecule has 1 amide bonds. The van der Waals surface area contributed by atoms with Crippen LogP contribution in [0, 0.1) is 5.92 Å². The second kappa shape index (κ2) is 5.01. The van der Waals surface area contributed by atoms with E-state index in [0.717, 1.165) is 13.0 Å². The number of methoxy groups -OCH3 is 1. The molecule has 2 saturated heterocycles. The van der Waals surface area contributed by atoms with Crippen molar-refractivity contribution in [2.45, 2.75) is 25.5 Å². The Morgan fingerprint density at radius 1 is 1.50 bits per heavy atom. The van der Waals surface area contributed by atoms with Crippen molar-refractivity contribution in [1.82, 2.24) is 4.90 Å². The van der Waals surface area contributed by atoms with Crippen molar-refractivity contribution in [3.8, 4) is 0 Å². The topological polar surface area (TPSA) is 48.0 Å². The third-order valence-corrected chi connectivity index (χ3v) is 3.09. The molecule has 2 fully saturated rings. The van der Waals surface area contributed by atoms with Gasteiger partial charge in [-0.05, 0) is 12.3 Å². The van der Waals surface area contributed by atoms with Gasteiger partial charge in [-0.25, -0.2) is 4.79 Å². The molecule has 16 heavy (non-hydrogen) atoms. The molecule has 2 aliphatic heterocycles. The zero-order valence-electron chi connectivity index (χ0n) is 9.85. The minimum atomic E-state index is -0.222. The maximum atomic E-state index is 11.9. The summed E-state index contributed by atoms with van der Waals surface area (Å²) in [6.07, 6.45) is 0.718. The van der Waals surface area contributed by atoms with Crippen molar-refractivity contribution in [2.75, 3.05) is 33.5 Å². The van der Waals surface area contributed by atoms with E-state index in [1.807, 2.05) is 0 Å². The van der Waals surface area contributed by atoms with Crippen LogP contribution in [0.15, 0.2) is 0 Å². The van der Waals surface area contributed by atoms with Crippen LogP contribution in [0.3, 0.4) is 0 Å². The number of nitrogens with zero attached hydrogens (tertiary/aromatic N) is 1. The third-order valence-electron chi connectivity index (χ3n) is 3.09. The molecule has 2 atom stereocenters. The summed E-state index contributed by atoms with van der Waals surface area (Å²) in [6, 6.07) is 0.161. The first kappa shape index (κ1) is 11.7. The molecule has 0 N–H and O–H groups in total. The van der Waals surface area contributed by atoms with Gasteiger partial charge in [-0.2, -0.15) is 0 Å². The molecule has 92 valence electrons. The Morgan fingerprint density at radius 2 is 2.25 bits per heavy atom. The molecule has 0 aliphatic carbocycles. The second-order valence-electron chi connectivity index (χ2n) is 4.65. The van der Waals surface area contributed by atoms with Gasteiger partial charge in [0.2, 0.25) is 0 Å². The van der Waals surface area contributed by atoms with Gasteiger partial charge in [-0.15, -0.1) is 0 Å². The quantitative estimate of drug-likeness (QED) is 0.720. The first-order valence-electron chi connectivity index (χ1n) is 5.74. The molecule has 0 bridgehead atoms. The van der Waals surface area contributed by atoms with Crippen LogP contribution in [0.4, 0.5) is 4.79 Å². The highest BCUT2D eigenvalue weighted by atomic mass is 16.6. The molecular weight excluding hydrogens is 210 g/mol. The van der Waals surface area contributed by atoms with Gasteiger partial charge >= 0.3 is 6.09 Å². The van der Waals surface area contributed by atoms with Crippen LogP contribution in [0.1, 0.15) is 13.3 Å². The van der Waals surface area contributed by atoms with Crippen molar-refractivity contribution in [2.24, 2.45) is 5.92 Å². The minimum absolute atomic E-state index is 0.0494. The molecule has 2 aliphatic rings. The molecule has 0 radical (unpaired) electrons. The predicted molar refractivity (Wildman–Crippen MR) is 57.2 cm³/mol. The van der Waals surface area contributed by atoms with E-state index in [1.54, 1.807) is 12.0 Å². The van der Waals surface area contributed by atoms with Crippen LogP contribution in [0.25, 0.3) is 0 Å². The molecular formula is C11H19NO4. The monoisotopic (exact) mass is 229 g/mol. The highest BCUT2D eigenvalue weighted by Crippen LogP contribution is 2.24. The lowest BCUT2D eigenvalue weighted by Gasteiger charge is -2.30. The molecule has 5 nitrogen and oxygen atoms in total. The van der Waals surface area contributed by atoms with Gasteiger partial charge in [0.25, 0.3) is 0 Å². The second-order valence-corrected chi connectivity index (χ2v) is 4.65. The first-order chi connectivity index (χ1) is 7.70. The number of hydrogen-bond acceptors (Lipinski definition) is 4.